The van der Waals surface area contributed by atoms with Crippen molar-refractivity contribution in [2.45, 2.75) is 58.3 Å². The molecule has 2 aromatic rings. The fourth-order valence-electron chi connectivity index (χ4n) is 4.74. The first kappa shape index (κ1) is 23.2. The van der Waals surface area contributed by atoms with Crippen molar-refractivity contribution in [3.8, 4) is 0 Å². The minimum atomic E-state index is -0.232. The number of piperidine rings is 1. The van der Waals surface area contributed by atoms with Crippen molar-refractivity contribution < 1.29 is 14.3 Å². The van der Waals surface area contributed by atoms with Crippen LogP contribution in [0.2, 0.25) is 0 Å². The molecule has 2 aliphatic rings. The van der Waals surface area contributed by atoms with Crippen LogP contribution in [0.5, 0.6) is 0 Å². The number of Topliss-reactive ketones (excluding diaryl/α,β-unsaturated/α-hetero) is 1. The number of benzene rings is 1. The van der Waals surface area contributed by atoms with Gasteiger partial charge in [-0.2, -0.15) is 0 Å². The molecule has 2 saturated heterocycles. The summed E-state index contributed by atoms with van der Waals surface area (Å²) in [5.41, 5.74) is 1.81. The number of likely N-dealkylation sites (tertiary alicyclic amines) is 1. The lowest BCUT2D eigenvalue weighted by molar-refractivity contribution is 0.00995. The van der Waals surface area contributed by atoms with E-state index < -0.39 is 0 Å². The van der Waals surface area contributed by atoms with Gasteiger partial charge >= 0.3 is 6.09 Å². The maximum Gasteiger partial charge on any atom is 0.410 e. The summed E-state index contributed by atoms with van der Waals surface area (Å²) in [4.78, 5) is 39.5. The average molecular weight is 452 g/mol. The number of ether oxygens (including phenoxy) is 1. The molecule has 0 aliphatic carbocycles. The molecule has 1 amide bonds. The van der Waals surface area contributed by atoms with Gasteiger partial charge < -0.3 is 9.64 Å². The van der Waals surface area contributed by atoms with Crippen LogP contribution in [-0.2, 0) is 11.3 Å². The van der Waals surface area contributed by atoms with Crippen molar-refractivity contribution in [1.29, 1.82) is 0 Å². The molecule has 8 nitrogen and oxygen atoms in total. The van der Waals surface area contributed by atoms with Crippen LogP contribution >= 0.6 is 0 Å². The van der Waals surface area contributed by atoms with Crippen LogP contribution in [0, 0.1) is 0 Å². The third-order valence-corrected chi connectivity index (χ3v) is 6.51. The van der Waals surface area contributed by atoms with Gasteiger partial charge in [-0.05, 0) is 39.2 Å². The lowest BCUT2D eigenvalue weighted by atomic mass is 10.1. The zero-order valence-corrected chi connectivity index (χ0v) is 19.7. The number of hydrogen-bond donors (Lipinski definition) is 0. The Labute approximate surface area is 195 Å². The fourth-order valence-corrected chi connectivity index (χ4v) is 4.74. The molecule has 0 radical (unpaired) electrons. The molecule has 176 valence electrons. The third-order valence-electron chi connectivity index (χ3n) is 6.51. The second-order valence-corrected chi connectivity index (χ2v) is 9.18. The van der Waals surface area contributed by atoms with E-state index in [-0.39, 0.29) is 30.1 Å². The number of hydrogen-bond acceptors (Lipinski definition) is 7. The third kappa shape index (κ3) is 5.68. The Bertz CT molecular complexity index is 932. The van der Waals surface area contributed by atoms with Crippen molar-refractivity contribution in [2.24, 2.45) is 0 Å². The van der Waals surface area contributed by atoms with E-state index >= 15 is 0 Å². The molecule has 33 heavy (non-hydrogen) atoms. The Morgan fingerprint density at radius 3 is 2.18 bits per heavy atom. The Morgan fingerprint density at radius 2 is 1.61 bits per heavy atom. The van der Waals surface area contributed by atoms with Gasteiger partial charge in [-0.25, -0.2) is 14.8 Å². The van der Waals surface area contributed by atoms with E-state index in [1.807, 2.05) is 24.8 Å². The number of nitrogens with zero attached hydrogens (tertiary/aromatic N) is 5. The first-order chi connectivity index (χ1) is 15.9. The molecule has 3 heterocycles. The second-order valence-electron chi connectivity index (χ2n) is 9.18. The molecular weight excluding hydrogens is 418 g/mol. The molecule has 0 unspecified atom stereocenters. The highest BCUT2D eigenvalue weighted by Gasteiger charge is 2.36. The van der Waals surface area contributed by atoms with Crippen molar-refractivity contribution in [3.63, 3.8) is 0 Å². The number of rotatable bonds is 5. The number of aromatic nitrogens is 2. The first-order valence-electron chi connectivity index (χ1n) is 11.7. The largest absolute Gasteiger partial charge is 0.446 e. The molecule has 1 aromatic carbocycles. The molecule has 2 fully saturated rings. The van der Waals surface area contributed by atoms with Crippen molar-refractivity contribution in [2.75, 3.05) is 31.1 Å². The van der Waals surface area contributed by atoms with Gasteiger partial charge in [0, 0.05) is 45.1 Å². The van der Waals surface area contributed by atoms with Crippen LogP contribution in [0.15, 0.2) is 42.7 Å². The zero-order chi connectivity index (χ0) is 23.4. The quantitative estimate of drug-likeness (QED) is 0.645. The minimum absolute atomic E-state index is 0.0319. The summed E-state index contributed by atoms with van der Waals surface area (Å²) in [6, 6.07) is 10.4. The second kappa shape index (κ2) is 10.3. The van der Waals surface area contributed by atoms with Gasteiger partial charge in [-0.15, -0.1) is 0 Å². The summed E-state index contributed by atoms with van der Waals surface area (Å²) < 4.78 is 5.93. The van der Waals surface area contributed by atoms with Crippen LogP contribution in [0.4, 0.5) is 10.7 Å². The average Bonchev–Trinajstić information content (AvgIpc) is 2.80. The molecule has 2 atom stereocenters. The minimum Gasteiger partial charge on any atom is -0.446 e. The Balaban J connectivity index is 1.28. The zero-order valence-electron chi connectivity index (χ0n) is 19.7. The van der Waals surface area contributed by atoms with Gasteiger partial charge in [0.25, 0.3) is 0 Å². The van der Waals surface area contributed by atoms with E-state index in [1.165, 1.54) is 12.5 Å². The predicted molar refractivity (Wildman–Crippen MR) is 126 cm³/mol. The molecule has 4 rings (SSSR count). The van der Waals surface area contributed by atoms with E-state index in [0.717, 1.165) is 32.5 Å². The molecule has 0 N–H and O–H groups in total. The van der Waals surface area contributed by atoms with Crippen LogP contribution in [0.25, 0.3) is 0 Å². The molecule has 0 spiro atoms. The SMILES string of the molecule is CC(=O)c1cnc(N2C[C@@H](C)N(C(=O)OC3CCN(Cc4ccccc4)CC3)[C@H](C)C2)nc1. The highest BCUT2D eigenvalue weighted by Crippen LogP contribution is 2.23. The van der Waals surface area contributed by atoms with Gasteiger partial charge in [0.2, 0.25) is 5.95 Å². The highest BCUT2D eigenvalue weighted by atomic mass is 16.6. The van der Waals surface area contributed by atoms with Gasteiger partial charge in [0.05, 0.1) is 17.6 Å². The summed E-state index contributed by atoms with van der Waals surface area (Å²) in [6.07, 6.45) is 4.57. The summed E-state index contributed by atoms with van der Waals surface area (Å²) in [5, 5.41) is 0. The molecule has 1 aromatic heterocycles. The number of ketones is 1. The predicted octanol–water partition coefficient (Wildman–Crippen LogP) is 3.38. The van der Waals surface area contributed by atoms with E-state index in [9.17, 15) is 9.59 Å². The van der Waals surface area contributed by atoms with Crippen LogP contribution in [0.3, 0.4) is 0 Å². The monoisotopic (exact) mass is 451 g/mol. The normalized spacial score (nSPS) is 22.3. The standard InChI is InChI=1S/C25H33N5O3/c1-18-15-29(24-26-13-22(14-27-24)20(3)31)16-19(2)30(18)25(32)33-23-9-11-28(12-10-23)17-21-7-5-4-6-8-21/h4-8,13-14,18-19,23H,9-12,15-17H2,1-3H3/t18-,19-/m1/s1. The van der Waals surface area contributed by atoms with Crippen molar-refractivity contribution >= 4 is 17.8 Å². The van der Waals surface area contributed by atoms with Crippen molar-refractivity contribution in [3.05, 3.63) is 53.9 Å². The number of carbonyl (C=O) groups excluding carboxylic acids is 2. The maximum absolute atomic E-state index is 13.0. The van der Waals surface area contributed by atoms with E-state index in [2.05, 4.69) is 44.0 Å². The van der Waals surface area contributed by atoms with E-state index in [4.69, 9.17) is 4.74 Å². The smallest absolute Gasteiger partial charge is 0.410 e. The van der Waals surface area contributed by atoms with Crippen LogP contribution < -0.4 is 4.90 Å². The van der Waals surface area contributed by atoms with Crippen molar-refractivity contribution in [1.82, 2.24) is 19.8 Å². The molecule has 2 aliphatic heterocycles. The fraction of sp³-hybridized carbons (Fsp3) is 0.520. The Hall–Kier alpha value is -3.00. The van der Waals surface area contributed by atoms with Crippen LogP contribution in [0.1, 0.15) is 49.5 Å². The lowest BCUT2D eigenvalue weighted by Crippen LogP contribution is -2.59. The Kier molecular flexibility index (Phi) is 7.23. The topological polar surface area (TPSA) is 78.9 Å². The highest BCUT2D eigenvalue weighted by molar-refractivity contribution is 5.93. The van der Waals surface area contributed by atoms with Gasteiger partial charge in [-0.3, -0.25) is 14.6 Å². The number of anilines is 1. The summed E-state index contributed by atoms with van der Waals surface area (Å²) >= 11 is 0. The Morgan fingerprint density at radius 1 is 1.00 bits per heavy atom. The van der Waals surface area contributed by atoms with Gasteiger partial charge in [-0.1, -0.05) is 30.3 Å². The van der Waals surface area contributed by atoms with Crippen LogP contribution in [-0.4, -0.2) is 76.0 Å². The number of piperazine rings is 1. The molecule has 8 heteroatoms. The lowest BCUT2D eigenvalue weighted by Gasteiger charge is -2.44. The number of carbonyl (C=O) groups is 2. The molecular formula is C25H33N5O3. The number of amides is 1. The summed E-state index contributed by atoms with van der Waals surface area (Å²) in [6.45, 7) is 9.58. The summed E-state index contributed by atoms with van der Waals surface area (Å²) in [5.74, 6) is 0.527. The van der Waals surface area contributed by atoms with Gasteiger partial charge in [0.15, 0.2) is 5.78 Å². The first-order valence-corrected chi connectivity index (χ1v) is 11.7. The van der Waals surface area contributed by atoms with E-state index in [0.29, 0.717) is 24.6 Å². The molecule has 0 bridgehead atoms. The maximum atomic E-state index is 13.0. The summed E-state index contributed by atoms with van der Waals surface area (Å²) in [7, 11) is 0. The van der Waals surface area contributed by atoms with Gasteiger partial charge in [0.1, 0.15) is 6.10 Å². The molecule has 0 saturated carbocycles. The van der Waals surface area contributed by atoms with E-state index in [1.54, 1.807) is 12.4 Å².